The third-order valence-corrected chi connectivity index (χ3v) is 12.0. The van der Waals surface area contributed by atoms with Gasteiger partial charge in [0, 0.05) is 24.2 Å². The van der Waals surface area contributed by atoms with E-state index in [4.69, 9.17) is 18.9 Å². The molecule has 1 aliphatic heterocycles. The van der Waals surface area contributed by atoms with Crippen molar-refractivity contribution in [2.75, 3.05) is 13.2 Å². The maximum atomic E-state index is 14.6. The molecule has 5 rings (SSSR count). The summed E-state index contributed by atoms with van der Waals surface area (Å²) < 4.78 is 22.8. The molecule has 4 aliphatic rings. The van der Waals surface area contributed by atoms with Crippen molar-refractivity contribution in [1.82, 2.24) is 5.32 Å². The number of ether oxygens (including phenoxy) is 4. The number of aliphatic hydroxyl groups is 5. The average Bonchev–Trinajstić information content (AvgIpc) is 3.08. The van der Waals surface area contributed by atoms with Crippen LogP contribution < -0.4 is 5.32 Å². The first-order valence-corrected chi connectivity index (χ1v) is 17.9. The molecule has 52 heavy (non-hydrogen) atoms. The summed E-state index contributed by atoms with van der Waals surface area (Å²) in [6, 6.07) is 6.76. The second-order valence-electron chi connectivity index (χ2n) is 16.4. The van der Waals surface area contributed by atoms with Gasteiger partial charge < -0.3 is 49.8 Å². The maximum Gasteiger partial charge on any atom is 0.407 e. The van der Waals surface area contributed by atoms with Gasteiger partial charge in [-0.15, -0.1) is 0 Å². The third kappa shape index (κ3) is 6.34. The Bertz CT molecular complexity index is 1590. The highest BCUT2D eigenvalue weighted by Gasteiger charge is 2.76. The first-order valence-electron chi connectivity index (χ1n) is 17.9. The molecule has 6 N–H and O–H groups in total. The van der Waals surface area contributed by atoms with E-state index in [1.165, 1.54) is 26.0 Å². The van der Waals surface area contributed by atoms with Crippen molar-refractivity contribution in [3.63, 3.8) is 0 Å². The van der Waals surface area contributed by atoms with Crippen molar-refractivity contribution in [1.29, 1.82) is 0 Å². The first kappa shape index (κ1) is 39.8. The fourth-order valence-corrected chi connectivity index (χ4v) is 8.76. The van der Waals surface area contributed by atoms with Crippen molar-refractivity contribution in [3.8, 4) is 0 Å². The van der Waals surface area contributed by atoms with Crippen LogP contribution in [0.2, 0.25) is 0 Å². The highest BCUT2D eigenvalue weighted by atomic mass is 16.6. The molecule has 1 heterocycles. The zero-order valence-electron chi connectivity index (χ0n) is 31.0. The molecule has 1 aromatic carbocycles. The van der Waals surface area contributed by atoms with Crippen LogP contribution in [0.1, 0.15) is 78.6 Å². The second kappa shape index (κ2) is 14.1. The van der Waals surface area contributed by atoms with Crippen LogP contribution in [0, 0.1) is 28.6 Å². The summed E-state index contributed by atoms with van der Waals surface area (Å²) in [5.41, 5.74) is -7.40. The number of carbonyl (C=O) groups is 4. The molecule has 14 heteroatoms. The molecule has 0 radical (unpaired) electrons. The number of Topliss-reactive ketones (excluding diaryl/α,β-unsaturated/α-hetero) is 1. The molecule has 2 bridgehead atoms. The molecule has 0 aromatic heterocycles. The molecular formula is C38H53NO13. The molecule has 1 saturated heterocycles. The fourth-order valence-electron chi connectivity index (χ4n) is 8.76. The molecule has 14 nitrogen and oxygen atoms in total. The number of ketones is 1. The van der Waals surface area contributed by atoms with E-state index in [1.807, 2.05) is 13.8 Å². The van der Waals surface area contributed by atoms with Crippen LogP contribution in [-0.2, 0) is 28.5 Å². The zero-order valence-corrected chi connectivity index (χ0v) is 31.0. The lowest BCUT2D eigenvalue weighted by Crippen LogP contribution is -2.81. The number of esters is 2. The van der Waals surface area contributed by atoms with E-state index >= 15 is 0 Å². The standard InChI is InChI=1S/C38H53NO13/c1-18(2)16-49-34(46)39-26(19(3)4)28(42)33(45)51-22-15-38(48)31(52-32(44)21-12-10-9-11-13-21)29-36(8,23(40)14-24-37(29,47)17-50-24)30(43)27(41)25(20(22)5)35(38,6)7/h9-13,18-19,22-24,26-29,31,40-42,47-48H,14-17H2,1-8H3,(H,39,46)/t22?,23-,24+,26-,27+,28+,29-,31-,36+,37-,38+/m0/s1. The summed E-state index contributed by atoms with van der Waals surface area (Å²) in [5, 5.41) is 62.6. The predicted molar refractivity (Wildman–Crippen MR) is 183 cm³/mol. The Morgan fingerprint density at radius 2 is 1.65 bits per heavy atom. The molecule has 288 valence electrons. The lowest BCUT2D eigenvalue weighted by Gasteiger charge is -2.66. The quantitative estimate of drug-likeness (QED) is 0.122. The Hall–Kier alpha value is -3.40. The van der Waals surface area contributed by atoms with Gasteiger partial charge in [-0.2, -0.15) is 0 Å². The zero-order chi connectivity index (χ0) is 38.7. The second-order valence-corrected chi connectivity index (χ2v) is 16.4. The Kier molecular flexibility index (Phi) is 10.8. The summed E-state index contributed by atoms with van der Waals surface area (Å²) in [6.45, 7) is 12.9. The summed E-state index contributed by atoms with van der Waals surface area (Å²) in [7, 11) is 0. The summed E-state index contributed by atoms with van der Waals surface area (Å²) in [6.07, 6.45) is -10.9. The molecule has 0 spiro atoms. The normalized spacial score (nSPS) is 36.3. The molecule has 11 atom stereocenters. The number of amides is 1. The fraction of sp³-hybridized carbons (Fsp3) is 0.684. The van der Waals surface area contributed by atoms with Crippen LogP contribution >= 0.6 is 0 Å². The lowest BCUT2D eigenvalue weighted by molar-refractivity contribution is -0.343. The SMILES string of the molecule is CC1=C2[C@@H](O)C(=O)[C@@]3(C)[C@H]([C@H](OC(=O)c4ccccc4)[C@](O)(CC1OC(=O)[C@H](O)[C@@H](NC(=O)OCC(C)C)C(C)C)C2(C)C)[C@]1(O)CO[C@@H]1C[C@@H]3O. The van der Waals surface area contributed by atoms with Gasteiger partial charge in [0.2, 0.25) is 0 Å². The molecule has 2 saturated carbocycles. The van der Waals surface area contributed by atoms with Crippen LogP contribution in [0.5, 0.6) is 0 Å². The van der Waals surface area contributed by atoms with E-state index < -0.39 is 107 Å². The molecule has 1 aromatic rings. The smallest absolute Gasteiger partial charge is 0.407 e. The number of nitrogens with one attached hydrogen (secondary N) is 1. The molecule has 3 aliphatic carbocycles. The van der Waals surface area contributed by atoms with Gasteiger partial charge in [0.05, 0.1) is 42.4 Å². The topological polar surface area (TPSA) is 218 Å². The van der Waals surface area contributed by atoms with Gasteiger partial charge in [-0.3, -0.25) is 4.79 Å². The van der Waals surface area contributed by atoms with E-state index in [9.17, 15) is 44.7 Å². The Morgan fingerprint density at radius 1 is 1.02 bits per heavy atom. The van der Waals surface area contributed by atoms with Gasteiger partial charge in [-0.05, 0) is 49.0 Å². The minimum atomic E-state index is -2.28. The van der Waals surface area contributed by atoms with Crippen molar-refractivity contribution in [2.45, 2.75) is 122 Å². The Labute approximate surface area is 303 Å². The highest BCUT2D eigenvalue weighted by molar-refractivity contribution is 5.94. The van der Waals surface area contributed by atoms with E-state index in [0.717, 1.165) is 0 Å². The van der Waals surface area contributed by atoms with Crippen LogP contribution in [0.3, 0.4) is 0 Å². The van der Waals surface area contributed by atoms with Gasteiger partial charge >= 0.3 is 18.0 Å². The Morgan fingerprint density at radius 3 is 2.21 bits per heavy atom. The summed E-state index contributed by atoms with van der Waals surface area (Å²) in [4.78, 5) is 54.6. The number of benzene rings is 1. The highest BCUT2D eigenvalue weighted by Crippen LogP contribution is 2.63. The van der Waals surface area contributed by atoms with Crippen LogP contribution in [0.4, 0.5) is 4.79 Å². The number of fused-ring (bicyclic) bond motifs is 5. The summed E-state index contributed by atoms with van der Waals surface area (Å²) in [5.74, 6) is -4.88. The van der Waals surface area contributed by atoms with Crippen molar-refractivity contribution in [2.24, 2.45) is 28.6 Å². The molecule has 1 unspecified atom stereocenters. The molecule has 1 amide bonds. The number of rotatable bonds is 9. The molecular weight excluding hydrogens is 678 g/mol. The van der Waals surface area contributed by atoms with E-state index in [-0.39, 0.29) is 42.3 Å². The van der Waals surface area contributed by atoms with Gasteiger partial charge in [0.1, 0.15) is 29.5 Å². The summed E-state index contributed by atoms with van der Waals surface area (Å²) >= 11 is 0. The average molecular weight is 732 g/mol. The lowest BCUT2D eigenvalue weighted by atomic mass is 9.44. The van der Waals surface area contributed by atoms with E-state index in [0.29, 0.717) is 0 Å². The van der Waals surface area contributed by atoms with Crippen molar-refractivity contribution >= 4 is 23.8 Å². The van der Waals surface area contributed by atoms with Crippen molar-refractivity contribution < 1.29 is 63.7 Å². The number of aliphatic hydroxyl groups excluding tert-OH is 3. The van der Waals surface area contributed by atoms with E-state index in [1.54, 1.807) is 45.9 Å². The van der Waals surface area contributed by atoms with Gasteiger partial charge in [0.15, 0.2) is 11.9 Å². The van der Waals surface area contributed by atoms with Crippen LogP contribution in [0.15, 0.2) is 41.5 Å². The van der Waals surface area contributed by atoms with Crippen LogP contribution in [-0.4, -0.2) is 116 Å². The number of carbonyl (C=O) groups excluding carboxylic acids is 4. The Balaban J connectivity index is 1.60. The largest absolute Gasteiger partial charge is 0.456 e. The van der Waals surface area contributed by atoms with E-state index in [2.05, 4.69) is 5.32 Å². The third-order valence-electron chi connectivity index (χ3n) is 12.0. The minimum Gasteiger partial charge on any atom is -0.456 e. The predicted octanol–water partition coefficient (Wildman–Crippen LogP) is 1.83. The number of alkyl carbamates (subject to hydrolysis) is 1. The molecule has 3 fully saturated rings. The minimum absolute atomic E-state index is 0.0269. The monoisotopic (exact) mass is 731 g/mol. The van der Waals surface area contributed by atoms with Gasteiger partial charge in [0.25, 0.3) is 0 Å². The van der Waals surface area contributed by atoms with Crippen molar-refractivity contribution in [3.05, 3.63) is 47.0 Å². The maximum absolute atomic E-state index is 14.6. The van der Waals surface area contributed by atoms with Gasteiger partial charge in [-0.25, -0.2) is 14.4 Å². The van der Waals surface area contributed by atoms with Gasteiger partial charge in [-0.1, -0.05) is 59.7 Å². The van der Waals surface area contributed by atoms with Crippen LogP contribution in [0.25, 0.3) is 0 Å². The first-order chi connectivity index (χ1) is 24.1. The number of hydrogen-bond donors (Lipinski definition) is 6. The number of hydrogen-bond acceptors (Lipinski definition) is 13.